The molecule has 1 heterocycles. The quantitative estimate of drug-likeness (QED) is 0.845. The van der Waals surface area contributed by atoms with Crippen LogP contribution in [0, 0.1) is 11.3 Å². The maximum Gasteiger partial charge on any atom is 0.166 e. The van der Waals surface area contributed by atoms with Gasteiger partial charge in [0, 0.05) is 6.54 Å². The van der Waals surface area contributed by atoms with E-state index >= 15 is 0 Å². The van der Waals surface area contributed by atoms with Gasteiger partial charge in [-0.25, -0.2) is 0 Å². The highest BCUT2D eigenvalue weighted by molar-refractivity contribution is 5.50. The molecule has 1 aromatic carbocycles. The van der Waals surface area contributed by atoms with Crippen LogP contribution in [0.15, 0.2) is 36.5 Å². The Labute approximate surface area is 105 Å². The highest BCUT2D eigenvalue weighted by atomic mass is 16.3. The molecule has 2 aromatic rings. The molecule has 0 fully saturated rings. The van der Waals surface area contributed by atoms with Crippen molar-refractivity contribution in [3.63, 3.8) is 0 Å². The monoisotopic (exact) mass is 240 g/mol. The topological polar surface area (TPSA) is 81.8 Å². The molecule has 0 radical (unpaired) electrons. The van der Waals surface area contributed by atoms with Crippen molar-refractivity contribution in [3.8, 4) is 6.07 Å². The highest BCUT2D eigenvalue weighted by Gasteiger charge is 2.02. The third-order valence-electron chi connectivity index (χ3n) is 2.51. The minimum atomic E-state index is 0.0381. The van der Waals surface area contributed by atoms with Crippen molar-refractivity contribution in [2.24, 2.45) is 0 Å². The number of aliphatic hydroxyl groups is 1. The first kappa shape index (κ1) is 12.0. The summed E-state index contributed by atoms with van der Waals surface area (Å²) in [4.78, 5) is 0. The fraction of sp³-hybridized carbons (Fsp3) is 0.154. The predicted molar refractivity (Wildman–Crippen MR) is 66.4 cm³/mol. The molecule has 0 amide bonds. The maximum atomic E-state index is 8.93. The largest absolute Gasteiger partial charge is 0.392 e. The van der Waals surface area contributed by atoms with Crippen LogP contribution in [0.25, 0.3) is 0 Å². The van der Waals surface area contributed by atoms with E-state index in [9.17, 15) is 0 Å². The van der Waals surface area contributed by atoms with Crippen molar-refractivity contribution < 1.29 is 5.11 Å². The minimum Gasteiger partial charge on any atom is -0.392 e. The highest BCUT2D eigenvalue weighted by Crippen LogP contribution is 2.11. The van der Waals surface area contributed by atoms with Gasteiger partial charge in [-0.2, -0.15) is 10.4 Å². The van der Waals surface area contributed by atoms with Gasteiger partial charge in [0.15, 0.2) is 5.82 Å². The molecular weight excluding hydrogens is 228 g/mol. The van der Waals surface area contributed by atoms with E-state index in [-0.39, 0.29) is 6.61 Å². The zero-order valence-electron chi connectivity index (χ0n) is 9.67. The summed E-state index contributed by atoms with van der Waals surface area (Å²) >= 11 is 0. The molecule has 0 unspecified atom stereocenters. The number of nitriles is 1. The van der Waals surface area contributed by atoms with Gasteiger partial charge in [0.1, 0.15) is 6.07 Å². The Morgan fingerprint density at radius 1 is 1.17 bits per heavy atom. The predicted octanol–water partition coefficient (Wildman–Crippen LogP) is 1.45. The first-order chi connectivity index (χ1) is 8.83. The molecule has 0 aliphatic heterocycles. The number of hydrogen-bond donors (Lipinski definition) is 2. The number of aliphatic hydroxyl groups excluding tert-OH is 1. The Morgan fingerprint density at radius 3 is 2.56 bits per heavy atom. The van der Waals surface area contributed by atoms with Gasteiger partial charge in [0.2, 0.25) is 0 Å². The van der Waals surface area contributed by atoms with Crippen LogP contribution in [0.1, 0.15) is 16.7 Å². The standard InChI is InChI=1S/C13H12N4O/c14-7-12-5-6-16-17-13(12)15-8-10-1-3-11(9-18)4-2-10/h1-6,18H,8-9H2,(H,15,17). The van der Waals surface area contributed by atoms with Crippen molar-refractivity contribution >= 4 is 5.82 Å². The first-order valence-electron chi connectivity index (χ1n) is 5.48. The van der Waals surface area contributed by atoms with Gasteiger partial charge in [0.25, 0.3) is 0 Å². The van der Waals surface area contributed by atoms with Crippen molar-refractivity contribution in [2.75, 3.05) is 5.32 Å². The molecule has 2 N–H and O–H groups in total. The molecule has 90 valence electrons. The fourth-order valence-electron chi connectivity index (χ4n) is 1.50. The van der Waals surface area contributed by atoms with Gasteiger partial charge < -0.3 is 10.4 Å². The van der Waals surface area contributed by atoms with Gasteiger partial charge in [-0.05, 0) is 17.2 Å². The van der Waals surface area contributed by atoms with Crippen molar-refractivity contribution in [1.82, 2.24) is 10.2 Å². The van der Waals surface area contributed by atoms with Crippen LogP contribution in [0.3, 0.4) is 0 Å². The van der Waals surface area contributed by atoms with Crippen LogP contribution in [0.2, 0.25) is 0 Å². The van der Waals surface area contributed by atoms with Gasteiger partial charge in [0.05, 0.1) is 18.4 Å². The second-order valence-electron chi connectivity index (χ2n) is 3.73. The van der Waals surface area contributed by atoms with E-state index in [0.717, 1.165) is 11.1 Å². The molecule has 0 saturated carbocycles. The van der Waals surface area contributed by atoms with Gasteiger partial charge in [-0.3, -0.25) is 0 Å². The zero-order valence-corrected chi connectivity index (χ0v) is 9.67. The molecule has 2 rings (SSSR count). The summed E-state index contributed by atoms with van der Waals surface area (Å²) < 4.78 is 0. The van der Waals surface area contributed by atoms with Crippen LogP contribution in [-0.2, 0) is 13.2 Å². The van der Waals surface area contributed by atoms with Gasteiger partial charge in [-0.1, -0.05) is 24.3 Å². The lowest BCUT2D eigenvalue weighted by Gasteiger charge is -2.06. The molecule has 5 nitrogen and oxygen atoms in total. The van der Waals surface area contributed by atoms with E-state index in [1.165, 1.54) is 6.20 Å². The third-order valence-corrected chi connectivity index (χ3v) is 2.51. The summed E-state index contributed by atoms with van der Waals surface area (Å²) in [6, 6.07) is 11.2. The Kier molecular flexibility index (Phi) is 3.84. The molecule has 0 aliphatic rings. The van der Waals surface area contributed by atoms with Crippen LogP contribution >= 0.6 is 0 Å². The zero-order chi connectivity index (χ0) is 12.8. The lowest BCUT2D eigenvalue weighted by molar-refractivity contribution is 0.282. The SMILES string of the molecule is N#Cc1ccnnc1NCc1ccc(CO)cc1. The van der Waals surface area contributed by atoms with Crippen LogP contribution in [0.5, 0.6) is 0 Å². The molecule has 0 aliphatic carbocycles. The number of benzene rings is 1. The van der Waals surface area contributed by atoms with E-state index < -0.39 is 0 Å². The second kappa shape index (κ2) is 5.75. The van der Waals surface area contributed by atoms with E-state index in [4.69, 9.17) is 10.4 Å². The molecular formula is C13H12N4O. The second-order valence-corrected chi connectivity index (χ2v) is 3.73. The smallest absolute Gasteiger partial charge is 0.166 e. The van der Waals surface area contributed by atoms with Crippen molar-refractivity contribution in [2.45, 2.75) is 13.2 Å². The minimum absolute atomic E-state index is 0.0381. The average Bonchev–Trinajstić information content (AvgIpc) is 2.46. The Bertz CT molecular complexity index is 560. The number of anilines is 1. The van der Waals surface area contributed by atoms with E-state index in [2.05, 4.69) is 21.6 Å². The molecule has 5 heteroatoms. The molecule has 1 aromatic heterocycles. The van der Waals surface area contributed by atoms with Crippen molar-refractivity contribution in [3.05, 3.63) is 53.2 Å². The summed E-state index contributed by atoms with van der Waals surface area (Å²) in [5.41, 5.74) is 2.38. The van der Waals surface area contributed by atoms with Crippen molar-refractivity contribution in [1.29, 1.82) is 5.26 Å². The van der Waals surface area contributed by atoms with E-state index in [1.54, 1.807) is 6.07 Å². The van der Waals surface area contributed by atoms with E-state index in [0.29, 0.717) is 17.9 Å². The molecule has 0 bridgehead atoms. The van der Waals surface area contributed by atoms with Crippen LogP contribution in [0.4, 0.5) is 5.82 Å². The molecule has 0 atom stereocenters. The van der Waals surface area contributed by atoms with Gasteiger partial charge in [-0.15, -0.1) is 5.10 Å². The Morgan fingerprint density at radius 2 is 1.89 bits per heavy atom. The molecule has 18 heavy (non-hydrogen) atoms. The Balaban J connectivity index is 2.05. The summed E-state index contributed by atoms with van der Waals surface area (Å²) in [5.74, 6) is 0.478. The lowest BCUT2D eigenvalue weighted by Crippen LogP contribution is -2.04. The first-order valence-corrected chi connectivity index (χ1v) is 5.48. The third kappa shape index (κ3) is 2.81. The molecule has 0 saturated heterocycles. The number of hydrogen-bond acceptors (Lipinski definition) is 5. The van der Waals surface area contributed by atoms with E-state index in [1.807, 2.05) is 24.3 Å². The lowest BCUT2D eigenvalue weighted by atomic mass is 10.1. The molecule has 0 spiro atoms. The normalized spacial score (nSPS) is 9.78. The summed E-state index contributed by atoms with van der Waals surface area (Å²) in [6.07, 6.45) is 1.49. The number of nitrogens with zero attached hydrogens (tertiary/aromatic N) is 3. The number of rotatable bonds is 4. The summed E-state index contributed by atoms with van der Waals surface area (Å²) in [7, 11) is 0. The maximum absolute atomic E-state index is 8.93. The fourth-order valence-corrected chi connectivity index (χ4v) is 1.50. The summed E-state index contributed by atoms with van der Waals surface area (Å²) in [6.45, 7) is 0.593. The van der Waals surface area contributed by atoms with Crippen LogP contribution in [-0.4, -0.2) is 15.3 Å². The van der Waals surface area contributed by atoms with Crippen LogP contribution < -0.4 is 5.32 Å². The number of aromatic nitrogens is 2. The number of nitrogens with one attached hydrogen (secondary N) is 1. The van der Waals surface area contributed by atoms with Gasteiger partial charge >= 0.3 is 0 Å². The summed E-state index contributed by atoms with van der Waals surface area (Å²) in [5, 5.41) is 28.5. The average molecular weight is 240 g/mol. The Hall–Kier alpha value is -2.45.